The van der Waals surface area contributed by atoms with Gasteiger partial charge in [0.1, 0.15) is 0 Å². The van der Waals surface area contributed by atoms with Crippen molar-refractivity contribution in [2.24, 2.45) is 5.92 Å². The van der Waals surface area contributed by atoms with E-state index in [1.165, 1.54) is 0 Å². The van der Waals surface area contributed by atoms with E-state index in [0.29, 0.717) is 18.0 Å². The van der Waals surface area contributed by atoms with Crippen molar-refractivity contribution in [3.8, 4) is 0 Å². The monoisotopic (exact) mass is 329 g/mol. The molecule has 1 aromatic carbocycles. The second-order valence-corrected chi connectivity index (χ2v) is 6.08. The molecule has 1 aromatic rings. The molecule has 0 aromatic heterocycles. The molecule has 1 fully saturated rings. The van der Waals surface area contributed by atoms with E-state index in [9.17, 15) is 9.90 Å². The van der Waals surface area contributed by atoms with Crippen LogP contribution in [0.5, 0.6) is 0 Å². The molecule has 5 heteroatoms. The SMILES string of the molecule is O=C(NCC1CCC(O)C1)c1cc(S)ccc1Br. The average Bonchev–Trinajstić information content (AvgIpc) is 2.75. The number of carbonyl (C=O) groups is 1. The number of amides is 1. The predicted molar refractivity (Wildman–Crippen MR) is 77.1 cm³/mol. The van der Waals surface area contributed by atoms with Gasteiger partial charge >= 0.3 is 0 Å². The van der Waals surface area contributed by atoms with Gasteiger partial charge in [0.05, 0.1) is 11.7 Å². The van der Waals surface area contributed by atoms with Gasteiger partial charge in [0.15, 0.2) is 0 Å². The number of aliphatic hydroxyl groups excluding tert-OH is 1. The lowest BCUT2D eigenvalue weighted by Crippen LogP contribution is -2.28. The van der Waals surface area contributed by atoms with Gasteiger partial charge in [-0.25, -0.2) is 0 Å². The molecular weight excluding hydrogens is 314 g/mol. The Morgan fingerprint density at radius 1 is 1.50 bits per heavy atom. The molecule has 0 spiro atoms. The molecule has 1 aliphatic rings. The van der Waals surface area contributed by atoms with Gasteiger partial charge in [-0.2, -0.15) is 0 Å². The number of nitrogens with one attached hydrogen (secondary N) is 1. The summed E-state index contributed by atoms with van der Waals surface area (Å²) in [7, 11) is 0. The first-order valence-electron chi connectivity index (χ1n) is 6.01. The lowest BCUT2D eigenvalue weighted by molar-refractivity contribution is 0.0944. The number of aliphatic hydroxyl groups is 1. The molecule has 98 valence electrons. The van der Waals surface area contributed by atoms with Gasteiger partial charge in [-0.1, -0.05) is 0 Å². The normalized spacial score (nSPS) is 23.1. The van der Waals surface area contributed by atoms with Crippen molar-refractivity contribution in [3.05, 3.63) is 28.2 Å². The van der Waals surface area contributed by atoms with Crippen molar-refractivity contribution in [2.75, 3.05) is 6.54 Å². The molecule has 1 aliphatic carbocycles. The van der Waals surface area contributed by atoms with E-state index in [2.05, 4.69) is 33.9 Å². The molecule has 18 heavy (non-hydrogen) atoms. The summed E-state index contributed by atoms with van der Waals surface area (Å²) in [5, 5.41) is 12.3. The minimum Gasteiger partial charge on any atom is -0.393 e. The highest BCUT2D eigenvalue weighted by Crippen LogP contribution is 2.25. The molecule has 1 saturated carbocycles. The van der Waals surface area contributed by atoms with Crippen LogP contribution in [0.4, 0.5) is 0 Å². The lowest BCUT2D eigenvalue weighted by Gasteiger charge is -2.12. The summed E-state index contributed by atoms with van der Waals surface area (Å²) in [6.45, 7) is 0.624. The third-order valence-electron chi connectivity index (χ3n) is 3.26. The molecule has 2 N–H and O–H groups in total. The zero-order valence-corrected chi connectivity index (χ0v) is 12.4. The van der Waals surface area contributed by atoms with Crippen LogP contribution in [-0.4, -0.2) is 23.7 Å². The second-order valence-electron chi connectivity index (χ2n) is 4.71. The Kier molecular flexibility index (Phi) is 4.70. The maximum atomic E-state index is 12.0. The van der Waals surface area contributed by atoms with Crippen LogP contribution in [0, 0.1) is 5.92 Å². The fraction of sp³-hybridized carbons (Fsp3) is 0.462. The Bertz CT molecular complexity index is 453. The fourth-order valence-electron chi connectivity index (χ4n) is 2.25. The quantitative estimate of drug-likeness (QED) is 0.746. The molecule has 2 atom stereocenters. The van der Waals surface area contributed by atoms with Crippen LogP contribution >= 0.6 is 28.6 Å². The van der Waals surface area contributed by atoms with E-state index < -0.39 is 0 Å². The minimum absolute atomic E-state index is 0.0980. The minimum atomic E-state index is -0.195. The van der Waals surface area contributed by atoms with Gasteiger partial charge in [-0.3, -0.25) is 4.79 Å². The van der Waals surface area contributed by atoms with Crippen molar-refractivity contribution in [2.45, 2.75) is 30.3 Å². The first kappa shape index (κ1) is 13.9. The van der Waals surface area contributed by atoms with Gasteiger partial charge in [-0.15, -0.1) is 12.6 Å². The Labute approximate surface area is 121 Å². The summed E-state index contributed by atoms with van der Waals surface area (Å²) in [4.78, 5) is 12.8. The number of thiol groups is 1. The van der Waals surface area contributed by atoms with E-state index in [-0.39, 0.29) is 12.0 Å². The number of benzene rings is 1. The van der Waals surface area contributed by atoms with Gasteiger partial charge < -0.3 is 10.4 Å². The number of carbonyl (C=O) groups excluding carboxylic acids is 1. The summed E-state index contributed by atoms with van der Waals surface area (Å²) in [5.41, 5.74) is 0.598. The number of rotatable bonds is 3. The second kappa shape index (κ2) is 6.08. The first-order valence-corrected chi connectivity index (χ1v) is 7.25. The largest absolute Gasteiger partial charge is 0.393 e. The molecule has 2 unspecified atom stereocenters. The zero-order valence-electron chi connectivity index (χ0n) is 9.90. The Hall–Kier alpha value is -0.520. The van der Waals surface area contributed by atoms with Crippen LogP contribution < -0.4 is 5.32 Å². The maximum Gasteiger partial charge on any atom is 0.252 e. The topological polar surface area (TPSA) is 49.3 Å². The first-order chi connectivity index (χ1) is 8.56. The van der Waals surface area contributed by atoms with Crippen molar-refractivity contribution in [1.29, 1.82) is 0 Å². The van der Waals surface area contributed by atoms with Gasteiger partial charge in [0, 0.05) is 15.9 Å². The van der Waals surface area contributed by atoms with E-state index in [1.54, 1.807) is 6.07 Å². The highest BCUT2D eigenvalue weighted by atomic mass is 79.9. The Balaban J connectivity index is 1.93. The zero-order chi connectivity index (χ0) is 13.1. The van der Waals surface area contributed by atoms with E-state index in [0.717, 1.165) is 28.6 Å². The molecule has 3 nitrogen and oxygen atoms in total. The molecule has 0 radical (unpaired) electrons. The third kappa shape index (κ3) is 3.49. The van der Waals surface area contributed by atoms with Crippen LogP contribution in [0.2, 0.25) is 0 Å². The van der Waals surface area contributed by atoms with E-state index in [1.807, 2.05) is 12.1 Å². The van der Waals surface area contributed by atoms with Gasteiger partial charge in [-0.05, 0) is 59.3 Å². The summed E-state index contributed by atoms with van der Waals surface area (Å²) < 4.78 is 0.768. The standard InChI is InChI=1S/C13H16BrNO2S/c14-12-4-3-10(18)6-11(12)13(17)15-7-8-1-2-9(16)5-8/h3-4,6,8-9,16,18H,1-2,5,7H2,(H,15,17). The predicted octanol–water partition coefficient (Wildman–Crippen LogP) is 2.63. The van der Waals surface area contributed by atoms with Gasteiger partial charge in [0.2, 0.25) is 0 Å². The maximum absolute atomic E-state index is 12.0. The van der Waals surface area contributed by atoms with Crippen molar-refractivity contribution in [3.63, 3.8) is 0 Å². The van der Waals surface area contributed by atoms with E-state index in [4.69, 9.17) is 0 Å². The summed E-state index contributed by atoms with van der Waals surface area (Å²) >= 11 is 7.59. The van der Waals surface area contributed by atoms with Crippen LogP contribution in [-0.2, 0) is 0 Å². The highest BCUT2D eigenvalue weighted by molar-refractivity contribution is 9.10. The van der Waals surface area contributed by atoms with Crippen LogP contribution in [0.25, 0.3) is 0 Å². The molecule has 1 amide bonds. The van der Waals surface area contributed by atoms with Crippen LogP contribution in [0.15, 0.2) is 27.6 Å². The smallest absolute Gasteiger partial charge is 0.252 e. The Morgan fingerprint density at radius 2 is 2.28 bits per heavy atom. The molecule has 0 bridgehead atoms. The van der Waals surface area contributed by atoms with Crippen LogP contribution in [0.3, 0.4) is 0 Å². The number of hydrogen-bond acceptors (Lipinski definition) is 3. The fourth-order valence-corrected chi connectivity index (χ4v) is 2.88. The van der Waals surface area contributed by atoms with Crippen molar-refractivity contribution < 1.29 is 9.90 Å². The average molecular weight is 330 g/mol. The van der Waals surface area contributed by atoms with Crippen molar-refractivity contribution >= 4 is 34.5 Å². The number of hydrogen-bond donors (Lipinski definition) is 3. The molecule has 0 aliphatic heterocycles. The van der Waals surface area contributed by atoms with Gasteiger partial charge in [0.25, 0.3) is 5.91 Å². The van der Waals surface area contributed by atoms with Crippen molar-refractivity contribution in [1.82, 2.24) is 5.32 Å². The third-order valence-corrected chi connectivity index (χ3v) is 4.23. The molecule has 2 rings (SSSR count). The summed E-state index contributed by atoms with van der Waals surface area (Å²) in [6.07, 6.45) is 2.42. The molecular formula is C13H16BrNO2S. The number of halogens is 1. The van der Waals surface area contributed by atoms with E-state index >= 15 is 0 Å². The summed E-state index contributed by atoms with van der Waals surface area (Å²) in [6, 6.07) is 5.39. The molecule has 0 heterocycles. The molecule has 0 saturated heterocycles. The lowest BCUT2D eigenvalue weighted by atomic mass is 10.1. The summed E-state index contributed by atoms with van der Waals surface area (Å²) in [5.74, 6) is 0.293. The highest BCUT2D eigenvalue weighted by Gasteiger charge is 2.23. The van der Waals surface area contributed by atoms with Crippen LogP contribution in [0.1, 0.15) is 29.6 Å². The Morgan fingerprint density at radius 3 is 2.94 bits per heavy atom.